The van der Waals surface area contributed by atoms with Crippen LogP contribution in [0, 0.1) is 0 Å². The van der Waals surface area contributed by atoms with E-state index in [4.69, 9.17) is 4.74 Å². The van der Waals surface area contributed by atoms with Crippen molar-refractivity contribution < 1.29 is 4.74 Å². The number of nitrogens with one attached hydrogen (secondary N) is 2. The predicted octanol–water partition coefficient (Wildman–Crippen LogP) is 1.48. The van der Waals surface area contributed by atoms with Crippen molar-refractivity contribution in [3.05, 3.63) is 22.2 Å². The standard InChI is InChI=1S/C12H19N3O2/c1-8(5-6-17-2)13-10-7-11(16)15-12(14-10)9-3-4-9/h7-9H,3-6H2,1-2H3,(H2,13,14,15,16). The summed E-state index contributed by atoms with van der Waals surface area (Å²) in [5, 5.41) is 3.23. The molecule has 5 heteroatoms. The molecule has 0 spiro atoms. The van der Waals surface area contributed by atoms with Crippen LogP contribution in [0.1, 0.15) is 37.9 Å². The van der Waals surface area contributed by atoms with Crippen molar-refractivity contribution in [1.29, 1.82) is 0 Å². The summed E-state index contributed by atoms with van der Waals surface area (Å²) in [6.45, 7) is 2.76. The summed E-state index contributed by atoms with van der Waals surface area (Å²) >= 11 is 0. The van der Waals surface area contributed by atoms with Gasteiger partial charge in [-0.15, -0.1) is 0 Å². The minimum atomic E-state index is -0.0802. The largest absolute Gasteiger partial charge is 0.385 e. The van der Waals surface area contributed by atoms with Crippen molar-refractivity contribution in [3.63, 3.8) is 0 Å². The molecule has 1 aliphatic carbocycles. The second-order valence-electron chi connectivity index (χ2n) is 4.62. The van der Waals surface area contributed by atoms with Gasteiger partial charge in [0.15, 0.2) is 0 Å². The fourth-order valence-corrected chi connectivity index (χ4v) is 1.72. The Kier molecular flexibility index (Phi) is 3.78. The van der Waals surface area contributed by atoms with Crippen LogP contribution in [0.15, 0.2) is 10.9 Å². The number of nitrogens with zero attached hydrogens (tertiary/aromatic N) is 1. The molecule has 1 aliphatic rings. The molecular weight excluding hydrogens is 218 g/mol. The van der Waals surface area contributed by atoms with Crippen LogP contribution in [-0.4, -0.2) is 29.7 Å². The Bertz CT molecular complexity index is 426. The van der Waals surface area contributed by atoms with Crippen LogP contribution in [0.4, 0.5) is 5.82 Å². The van der Waals surface area contributed by atoms with Gasteiger partial charge in [-0.2, -0.15) is 0 Å². The van der Waals surface area contributed by atoms with Crippen LogP contribution in [0.5, 0.6) is 0 Å². The van der Waals surface area contributed by atoms with Gasteiger partial charge in [-0.25, -0.2) is 4.98 Å². The number of hydrogen-bond donors (Lipinski definition) is 2. The fraction of sp³-hybridized carbons (Fsp3) is 0.667. The monoisotopic (exact) mass is 237 g/mol. The van der Waals surface area contributed by atoms with E-state index in [0.717, 1.165) is 25.1 Å². The SMILES string of the molecule is COCCC(C)Nc1cc(=O)[nH]c(C2CC2)n1. The number of anilines is 1. The highest BCUT2D eigenvalue weighted by molar-refractivity contribution is 5.34. The number of aromatic amines is 1. The van der Waals surface area contributed by atoms with Crippen LogP contribution in [0.2, 0.25) is 0 Å². The molecule has 1 atom stereocenters. The third-order valence-corrected chi connectivity index (χ3v) is 2.87. The first-order chi connectivity index (χ1) is 8.19. The normalized spacial score (nSPS) is 16.8. The molecule has 17 heavy (non-hydrogen) atoms. The quantitative estimate of drug-likeness (QED) is 0.786. The summed E-state index contributed by atoms with van der Waals surface area (Å²) in [5.74, 6) is 1.94. The van der Waals surface area contributed by atoms with Gasteiger partial charge in [-0.3, -0.25) is 4.79 Å². The van der Waals surface area contributed by atoms with Gasteiger partial charge in [0.2, 0.25) is 0 Å². The van der Waals surface area contributed by atoms with E-state index in [0.29, 0.717) is 18.3 Å². The Balaban J connectivity index is 2.02. The number of methoxy groups -OCH3 is 1. The molecule has 1 fully saturated rings. The summed E-state index contributed by atoms with van der Waals surface area (Å²) in [6.07, 6.45) is 3.15. The van der Waals surface area contributed by atoms with Crippen LogP contribution in [-0.2, 0) is 4.74 Å². The topological polar surface area (TPSA) is 67.0 Å². The summed E-state index contributed by atoms with van der Waals surface area (Å²) < 4.78 is 5.02. The minimum Gasteiger partial charge on any atom is -0.385 e. The zero-order valence-electron chi connectivity index (χ0n) is 10.3. The predicted molar refractivity (Wildman–Crippen MR) is 66.4 cm³/mol. The van der Waals surface area contributed by atoms with Crippen LogP contribution < -0.4 is 10.9 Å². The molecule has 2 rings (SSSR count). The Hall–Kier alpha value is -1.36. The average Bonchev–Trinajstić information content (AvgIpc) is 3.09. The third-order valence-electron chi connectivity index (χ3n) is 2.87. The van der Waals surface area contributed by atoms with E-state index in [1.807, 2.05) is 0 Å². The van der Waals surface area contributed by atoms with Crippen LogP contribution >= 0.6 is 0 Å². The maximum atomic E-state index is 11.5. The molecule has 0 bridgehead atoms. The number of aromatic nitrogens is 2. The van der Waals surface area contributed by atoms with Crippen molar-refractivity contribution in [3.8, 4) is 0 Å². The van der Waals surface area contributed by atoms with Gasteiger partial charge in [0.05, 0.1) is 0 Å². The van der Waals surface area contributed by atoms with Crippen LogP contribution in [0.3, 0.4) is 0 Å². The molecule has 1 aromatic rings. The van der Waals surface area contributed by atoms with Gasteiger partial charge in [-0.05, 0) is 26.2 Å². The van der Waals surface area contributed by atoms with Gasteiger partial charge in [0.1, 0.15) is 11.6 Å². The highest BCUT2D eigenvalue weighted by Gasteiger charge is 2.26. The van der Waals surface area contributed by atoms with Crippen LogP contribution in [0.25, 0.3) is 0 Å². The first-order valence-electron chi connectivity index (χ1n) is 6.06. The average molecular weight is 237 g/mol. The summed E-state index contributed by atoms with van der Waals surface area (Å²) in [6, 6.07) is 1.76. The van der Waals surface area contributed by atoms with Gasteiger partial charge in [0, 0.05) is 31.7 Å². The zero-order chi connectivity index (χ0) is 12.3. The molecule has 94 valence electrons. The third kappa shape index (κ3) is 3.56. The molecule has 1 saturated carbocycles. The van der Waals surface area contributed by atoms with E-state index >= 15 is 0 Å². The number of rotatable bonds is 6. The number of H-pyrrole nitrogens is 1. The molecular formula is C12H19N3O2. The van der Waals surface area contributed by atoms with Gasteiger partial charge in [0.25, 0.3) is 5.56 Å². The Morgan fingerprint density at radius 2 is 2.41 bits per heavy atom. The van der Waals surface area contributed by atoms with E-state index in [-0.39, 0.29) is 11.6 Å². The Morgan fingerprint density at radius 1 is 1.65 bits per heavy atom. The highest BCUT2D eigenvalue weighted by Crippen LogP contribution is 2.37. The molecule has 1 unspecified atom stereocenters. The van der Waals surface area contributed by atoms with E-state index in [1.54, 1.807) is 7.11 Å². The van der Waals surface area contributed by atoms with Crippen molar-refractivity contribution >= 4 is 5.82 Å². The minimum absolute atomic E-state index is 0.0802. The van der Waals surface area contributed by atoms with E-state index in [1.165, 1.54) is 6.07 Å². The number of hydrogen-bond acceptors (Lipinski definition) is 4. The highest BCUT2D eigenvalue weighted by atomic mass is 16.5. The lowest BCUT2D eigenvalue weighted by Crippen LogP contribution is -2.21. The lowest BCUT2D eigenvalue weighted by molar-refractivity contribution is 0.191. The first kappa shape index (κ1) is 12.1. The molecule has 0 amide bonds. The molecule has 0 saturated heterocycles. The molecule has 5 nitrogen and oxygen atoms in total. The van der Waals surface area contributed by atoms with Gasteiger partial charge < -0.3 is 15.0 Å². The molecule has 2 N–H and O–H groups in total. The van der Waals surface area contributed by atoms with Gasteiger partial charge in [-0.1, -0.05) is 0 Å². The van der Waals surface area contributed by atoms with E-state index in [2.05, 4.69) is 22.2 Å². The lowest BCUT2D eigenvalue weighted by Gasteiger charge is -2.14. The maximum absolute atomic E-state index is 11.5. The van der Waals surface area contributed by atoms with Crippen molar-refractivity contribution in [2.75, 3.05) is 19.0 Å². The molecule has 1 heterocycles. The molecule has 0 aromatic carbocycles. The van der Waals surface area contributed by atoms with E-state index < -0.39 is 0 Å². The van der Waals surface area contributed by atoms with Crippen molar-refractivity contribution in [2.45, 2.75) is 38.1 Å². The molecule has 1 aromatic heterocycles. The fourth-order valence-electron chi connectivity index (χ4n) is 1.72. The lowest BCUT2D eigenvalue weighted by atomic mass is 10.2. The Morgan fingerprint density at radius 3 is 3.06 bits per heavy atom. The van der Waals surface area contributed by atoms with Crippen molar-refractivity contribution in [1.82, 2.24) is 9.97 Å². The Labute approximate surface area is 101 Å². The number of ether oxygens (including phenoxy) is 1. The summed E-state index contributed by atoms with van der Waals surface area (Å²) in [5.41, 5.74) is -0.0802. The van der Waals surface area contributed by atoms with Crippen molar-refractivity contribution in [2.24, 2.45) is 0 Å². The summed E-state index contributed by atoms with van der Waals surface area (Å²) in [4.78, 5) is 18.7. The molecule has 0 radical (unpaired) electrons. The maximum Gasteiger partial charge on any atom is 0.252 e. The summed E-state index contributed by atoms with van der Waals surface area (Å²) in [7, 11) is 1.68. The zero-order valence-corrected chi connectivity index (χ0v) is 10.3. The second-order valence-corrected chi connectivity index (χ2v) is 4.62. The van der Waals surface area contributed by atoms with E-state index in [9.17, 15) is 4.79 Å². The first-order valence-corrected chi connectivity index (χ1v) is 6.06. The second kappa shape index (κ2) is 5.31. The van der Waals surface area contributed by atoms with Gasteiger partial charge >= 0.3 is 0 Å². The molecule has 0 aliphatic heterocycles. The smallest absolute Gasteiger partial charge is 0.252 e.